The van der Waals surface area contributed by atoms with Crippen molar-refractivity contribution in [3.8, 4) is 0 Å². The van der Waals surface area contributed by atoms with Crippen molar-refractivity contribution >= 4 is 23.5 Å². The van der Waals surface area contributed by atoms with Crippen LogP contribution in [0.5, 0.6) is 0 Å². The first-order valence-electron chi connectivity index (χ1n) is 8.77. The molecule has 9 heteroatoms. The van der Waals surface area contributed by atoms with E-state index >= 15 is 0 Å². The second-order valence-electron chi connectivity index (χ2n) is 6.38. The largest absolute Gasteiger partial charge is 0.347 e. The van der Waals surface area contributed by atoms with Crippen LogP contribution in [-0.4, -0.2) is 54.4 Å². The van der Waals surface area contributed by atoms with Crippen LogP contribution in [0.4, 0.5) is 0 Å². The van der Waals surface area contributed by atoms with Crippen molar-refractivity contribution in [1.29, 1.82) is 0 Å². The summed E-state index contributed by atoms with van der Waals surface area (Å²) in [5, 5.41) is 15.9. The molecule has 0 saturated heterocycles. The highest BCUT2D eigenvalue weighted by Gasteiger charge is 2.30. The van der Waals surface area contributed by atoms with Gasteiger partial charge >= 0.3 is 0 Å². The Morgan fingerprint density at radius 1 is 0.963 bits per heavy atom. The zero-order chi connectivity index (χ0) is 19.6. The van der Waals surface area contributed by atoms with Crippen molar-refractivity contribution in [2.45, 2.75) is 25.3 Å². The first-order chi connectivity index (χ1) is 13.0. The van der Waals surface area contributed by atoms with E-state index in [0.717, 1.165) is 18.4 Å². The van der Waals surface area contributed by atoms with Crippen molar-refractivity contribution < 1.29 is 24.4 Å². The number of Topliss-reactive ketones (excluding diaryl/α,β-unsaturated/α-hetero) is 1. The molecule has 1 atom stereocenters. The maximum absolute atomic E-state index is 12.5. The van der Waals surface area contributed by atoms with Crippen LogP contribution in [0, 0.1) is 5.92 Å². The molecule has 1 aliphatic carbocycles. The van der Waals surface area contributed by atoms with E-state index in [1.165, 1.54) is 0 Å². The molecule has 0 heterocycles. The molecule has 2 rings (SSSR count). The number of nitrogens with one attached hydrogen (secondary N) is 4. The Morgan fingerprint density at radius 2 is 1.67 bits per heavy atom. The second kappa shape index (κ2) is 10.4. The van der Waals surface area contributed by atoms with Crippen molar-refractivity contribution in [1.82, 2.24) is 21.4 Å². The average Bonchev–Trinajstić information content (AvgIpc) is 3.50. The van der Waals surface area contributed by atoms with Gasteiger partial charge in [0.1, 0.15) is 6.04 Å². The highest BCUT2D eigenvalue weighted by molar-refractivity contribution is 5.93. The molecule has 3 amide bonds. The van der Waals surface area contributed by atoms with E-state index in [4.69, 9.17) is 5.21 Å². The van der Waals surface area contributed by atoms with Crippen molar-refractivity contribution in [3.05, 3.63) is 35.9 Å². The Kier molecular flexibility index (Phi) is 7.90. The van der Waals surface area contributed by atoms with E-state index in [1.54, 1.807) is 5.48 Å². The molecule has 0 bridgehead atoms. The van der Waals surface area contributed by atoms with Crippen LogP contribution in [0.1, 0.15) is 18.4 Å². The number of carbonyl (C=O) groups is 4. The highest BCUT2D eigenvalue weighted by atomic mass is 16.5. The van der Waals surface area contributed by atoms with Crippen LogP contribution in [0.15, 0.2) is 30.3 Å². The van der Waals surface area contributed by atoms with Gasteiger partial charge in [-0.15, -0.1) is 0 Å². The molecule has 0 radical (unpaired) electrons. The smallest absolute Gasteiger partial charge is 0.243 e. The van der Waals surface area contributed by atoms with E-state index in [0.29, 0.717) is 0 Å². The van der Waals surface area contributed by atoms with Crippen LogP contribution in [0.3, 0.4) is 0 Å². The number of hydrogen-bond acceptors (Lipinski definition) is 6. The molecule has 0 aromatic heterocycles. The third-order valence-electron chi connectivity index (χ3n) is 4.09. The summed E-state index contributed by atoms with van der Waals surface area (Å²) in [7, 11) is 0. The summed E-state index contributed by atoms with van der Waals surface area (Å²) in [6, 6.07) is 8.28. The molecule has 5 N–H and O–H groups in total. The summed E-state index contributed by atoms with van der Waals surface area (Å²) >= 11 is 0. The first-order valence-corrected chi connectivity index (χ1v) is 8.77. The maximum atomic E-state index is 12.5. The molecule has 146 valence electrons. The van der Waals surface area contributed by atoms with Gasteiger partial charge in [0.25, 0.3) is 0 Å². The fourth-order valence-electron chi connectivity index (χ4n) is 2.46. The van der Waals surface area contributed by atoms with Gasteiger partial charge in [-0.2, -0.15) is 5.48 Å². The van der Waals surface area contributed by atoms with Gasteiger partial charge in [-0.05, 0) is 18.4 Å². The number of amides is 3. The summed E-state index contributed by atoms with van der Waals surface area (Å²) in [6.45, 7) is -0.728. The molecule has 27 heavy (non-hydrogen) atoms. The molecular weight excluding hydrogens is 352 g/mol. The third-order valence-corrected chi connectivity index (χ3v) is 4.09. The lowest BCUT2D eigenvalue weighted by Gasteiger charge is -2.19. The molecule has 0 aliphatic heterocycles. The molecule has 9 nitrogen and oxygen atoms in total. The van der Waals surface area contributed by atoms with Gasteiger partial charge < -0.3 is 21.2 Å². The number of ketones is 1. The van der Waals surface area contributed by atoms with E-state index in [1.807, 2.05) is 30.3 Å². The fourth-order valence-corrected chi connectivity index (χ4v) is 2.46. The van der Waals surface area contributed by atoms with Crippen molar-refractivity contribution in [2.75, 3.05) is 19.6 Å². The van der Waals surface area contributed by atoms with Gasteiger partial charge in [-0.3, -0.25) is 19.2 Å². The lowest BCUT2D eigenvalue weighted by atomic mass is 10.0. The Morgan fingerprint density at radius 3 is 2.30 bits per heavy atom. The Balaban J connectivity index is 1.91. The third kappa shape index (κ3) is 7.55. The normalized spacial score (nSPS) is 14.1. The summed E-state index contributed by atoms with van der Waals surface area (Å²) < 4.78 is 0. The number of benzene rings is 1. The van der Waals surface area contributed by atoms with Gasteiger partial charge in [0.15, 0.2) is 5.78 Å². The second-order valence-corrected chi connectivity index (χ2v) is 6.38. The highest BCUT2D eigenvalue weighted by Crippen LogP contribution is 2.29. The minimum absolute atomic E-state index is 0.00287. The predicted molar refractivity (Wildman–Crippen MR) is 95.6 cm³/mol. The first kappa shape index (κ1) is 20.5. The number of rotatable bonds is 11. The standard InChI is InChI=1S/C18H24N4O5/c23-15(13-6-7-13)9-20-18(26)14(8-12-4-2-1-3-5-12)22-17(25)10-19-16(24)11-21-27/h1-5,13-14,21,27H,6-11H2,(H,19,24)(H,20,26)(H,22,25)/t14-/m0/s1. The maximum Gasteiger partial charge on any atom is 0.243 e. The monoisotopic (exact) mass is 376 g/mol. The molecule has 1 aromatic rings. The molecule has 0 unspecified atom stereocenters. The van der Waals surface area contributed by atoms with E-state index in [-0.39, 0.29) is 37.8 Å². The minimum atomic E-state index is -0.875. The van der Waals surface area contributed by atoms with Gasteiger partial charge in [-0.1, -0.05) is 30.3 Å². The van der Waals surface area contributed by atoms with Crippen LogP contribution < -0.4 is 21.4 Å². The van der Waals surface area contributed by atoms with E-state index in [9.17, 15) is 19.2 Å². The molecule has 1 fully saturated rings. The zero-order valence-electron chi connectivity index (χ0n) is 14.9. The number of carbonyl (C=O) groups excluding carboxylic acids is 4. The van der Waals surface area contributed by atoms with Crippen LogP contribution >= 0.6 is 0 Å². The van der Waals surface area contributed by atoms with Gasteiger partial charge in [0.2, 0.25) is 17.7 Å². The Bertz CT molecular complexity index is 676. The predicted octanol–water partition coefficient (Wildman–Crippen LogP) is -1.10. The average molecular weight is 376 g/mol. The van der Waals surface area contributed by atoms with Gasteiger partial charge in [0, 0.05) is 12.3 Å². The van der Waals surface area contributed by atoms with Gasteiger partial charge in [-0.25, -0.2) is 0 Å². The summed E-state index contributed by atoms with van der Waals surface area (Å²) in [6.07, 6.45) is 1.98. The SMILES string of the molecule is O=C(CNO)NCC(=O)N[C@@H](Cc1ccccc1)C(=O)NCC(=O)C1CC1. The fraction of sp³-hybridized carbons (Fsp3) is 0.444. The number of hydrogen-bond donors (Lipinski definition) is 5. The minimum Gasteiger partial charge on any atom is -0.347 e. The van der Waals surface area contributed by atoms with Crippen LogP contribution in [0.25, 0.3) is 0 Å². The quantitative estimate of drug-likeness (QED) is 0.311. The van der Waals surface area contributed by atoms with Crippen LogP contribution in [0.2, 0.25) is 0 Å². The number of hydroxylamine groups is 1. The topological polar surface area (TPSA) is 137 Å². The molecule has 1 aliphatic rings. The Hall–Kier alpha value is -2.78. The van der Waals surface area contributed by atoms with Gasteiger partial charge in [0.05, 0.1) is 19.6 Å². The van der Waals surface area contributed by atoms with Crippen LogP contribution in [-0.2, 0) is 25.6 Å². The molecule has 1 saturated carbocycles. The zero-order valence-corrected chi connectivity index (χ0v) is 14.9. The lowest BCUT2D eigenvalue weighted by molar-refractivity contribution is -0.130. The molecular formula is C18H24N4O5. The Labute approximate surface area is 156 Å². The van der Waals surface area contributed by atoms with E-state index in [2.05, 4.69) is 16.0 Å². The van der Waals surface area contributed by atoms with Crippen molar-refractivity contribution in [3.63, 3.8) is 0 Å². The van der Waals surface area contributed by atoms with E-state index < -0.39 is 23.8 Å². The summed E-state index contributed by atoms with van der Waals surface area (Å²) in [5.74, 6) is -1.53. The molecule has 1 aromatic carbocycles. The summed E-state index contributed by atoms with van der Waals surface area (Å²) in [4.78, 5) is 47.6. The van der Waals surface area contributed by atoms with Crippen molar-refractivity contribution in [2.24, 2.45) is 5.92 Å². The summed E-state index contributed by atoms with van der Waals surface area (Å²) in [5.41, 5.74) is 2.53. The lowest BCUT2D eigenvalue weighted by Crippen LogP contribution is -2.51. The molecule has 0 spiro atoms.